The largest absolute Gasteiger partial charge is 0.342 e. The number of piperidine rings is 1. The quantitative estimate of drug-likeness (QED) is 0.864. The van der Waals surface area contributed by atoms with Crippen LogP contribution in [0.3, 0.4) is 0 Å². The van der Waals surface area contributed by atoms with Gasteiger partial charge in [-0.15, -0.1) is 0 Å². The molecule has 1 heterocycles. The first-order valence-electron chi connectivity index (χ1n) is 7.87. The van der Waals surface area contributed by atoms with Gasteiger partial charge in [0, 0.05) is 19.1 Å². The Hall–Kier alpha value is -1.35. The Labute approximate surface area is 122 Å². The summed E-state index contributed by atoms with van der Waals surface area (Å²) in [5, 5.41) is 3.44. The lowest BCUT2D eigenvalue weighted by atomic mass is 10.0. The number of hydrogen-bond donors (Lipinski definition) is 1. The van der Waals surface area contributed by atoms with Crippen molar-refractivity contribution in [1.82, 2.24) is 10.2 Å². The number of rotatable bonds is 6. The molecule has 0 saturated carbocycles. The second-order valence-electron chi connectivity index (χ2n) is 5.57. The first kappa shape index (κ1) is 15.0. The maximum absolute atomic E-state index is 12.2. The molecule has 110 valence electrons. The van der Waals surface area contributed by atoms with Gasteiger partial charge in [0.25, 0.3) is 0 Å². The van der Waals surface area contributed by atoms with Crippen molar-refractivity contribution in [3.63, 3.8) is 0 Å². The van der Waals surface area contributed by atoms with Gasteiger partial charge in [0.15, 0.2) is 0 Å². The van der Waals surface area contributed by atoms with Crippen molar-refractivity contribution in [3.8, 4) is 0 Å². The molecule has 3 nitrogen and oxygen atoms in total. The monoisotopic (exact) mass is 274 g/mol. The molecule has 1 aliphatic rings. The Balaban J connectivity index is 1.87. The molecule has 1 N–H and O–H groups in total. The zero-order valence-electron chi connectivity index (χ0n) is 12.5. The van der Waals surface area contributed by atoms with Gasteiger partial charge in [-0.1, -0.05) is 43.7 Å². The van der Waals surface area contributed by atoms with Crippen LogP contribution in [0.4, 0.5) is 0 Å². The van der Waals surface area contributed by atoms with Crippen LogP contribution >= 0.6 is 0 Å². The second-order valence-corrected chi connectivity index (χ2v) is 5.57. The van der Waals surface area contributed by atoms with Crippen molar-refractivity contribution in [2.75, 3.05) is 19.6 Å². The second kappa shape index (κ2) is 8.05. The predicted molar refractivity (Wildman–Crippen MR) is 82.5 cm³/mol. The maximum atomic E-state index is 12.2. The van der Waals surface area contributed by atoms with E-state index in [0.717, 1.165) is 38.8 Å². The summed E-state index contributed by atoms with van der Waals surface area (Å²) in [5.41, 5.74) is 1.28. The van der Waals surface area contributed by atoms with Crippen LogP contribution in [0, 0.1) is 0 Å². The molecule has 0 radical (unpaired) electrons. The van der Waals surface area contributed by atoms with Crippen LogP contribution in [0.1, 0.15) is 50.6 Å². The molecule has 1 unspecified atom stereocenters. The Morgan fingerprint density at radius 3 is 2.55 bits per heavy atom. The van der Waals surface area contributed by atoms with Crippen LogP contribution in [-0.4, -0.2) is 30.4 Å². The molecule has 1 amide bonds. The summed E-state index contributed by atoms with van der Waals surface area (Å²) in [6.07, 6.45) is 5.76. The average Bonchev–Trinajstić information content (AvgIpc) is 2.53. The van der Waals surface area contributed by atoms with Crippen LogP contribution in [-0.2, 0) is 4.79 Å². The summed E-state index contributed by atoms with van der Waals surface area (Å²) in [7, 11) is 0. The highest BCUT2D eigenvalue weighted by Crippen LogP contribution is 2.18. The highest BCUT2D eigenvalue weighted by Gasteiger charge is 2.18. The van der Waals surface area contributed by atoms with Crippen molar-refractivity contribution in [3.05, 3.63) is 35.9 Å². The summed E-state index contributed by atoms with van der Waals surface area (Å²) in [6, 6.07) is 10.7. The highest BCUT2D eigenvalue weighted by atomic mass is 16.2. The molecule has 1 atom stereocenters. The summed E-state index contributed by atoms with van der Waals surface area (Å²) < 4.78 is 0. The fourth-order valence-corrected chi connectivity index (χ4v) is 2.83. The molecule has 20 heavy (non-hydrogen) atoms. The van der Waals surface area contributed by atoms with E-state index >= 15 is 0 Å². The first-order valence-corrected chi connectivity index (χ1v) is 7.87. The van der Waals surface area contributed by atoms with Gasteiger partial charge in [0.05, 0.1) is 6.54 Å². The van der Waals surface area contributed by atoms with Crippen molar-refractivity contribution in [1.29, 1.82) is 0 Å². The van der Waals surface area contributed by atoms with E-state index in [1.165, 1.54) is 12.0 Å². The van der Waals surface area contributed by atoms with E-state index in [1.807, 2.05) is 11.0 Å². The van der Waals surface area contributed by atoms with E-state index in [-0.39, 0.29) is 11.9 Å². The summed E-state index contributed by atoms with van der Waals surface area (Å²) in [4.78, 5) is 14.2. The first-order chi connectivity index (χ1) is 9.81. The minimum absolute atomic E-state index is 0.252. The molecule has 1 fully saturated rings. The van der Waals surface area contributed by atoms with Crippen LogP contribution in [0.25, 0.3) is 0 Å². The van der Waals surface area contributed by atoms with Gasteiger partial charge < -0.3 is 10.2 Å². The molecule has 1 saturated heterocycles. The number of nitrogens with zero attached hydrogens (tertiary/aromatic N) is 1. The SMILES string of the molecule is CCCC(NCC(=O)N1CCCCC1)c1ccccc1. The topological polar surface area (TPSA) is 32.3 Å². The predicted octanol–water partition coefficient (Wildman–Crippen LogP) is 3.13. The van der Waals surface area contributed by atoms with Crippen molar-refractivity contribution >= 4 is 5.91 Å². The van der Waals surface area contributed by atoms with E-state index in [2.05, 4.69) is 36.5 Å². The molecule has 3 heteroatoms. The van der Waals surface area contributed by atoms with E-state index in [1.54, 1.807) is 0 Å². The van der Waals surface area contributed by atoms with E-state index in [0.29, 0.717) is 6.54 Å². The highest BCUT2D eigenvalue weighted by molar-refractivity contribution is 5.78. The van der Waals surface area contributed by atoms with Crippen molar-refractivity contribution < 1.29 is 4.79 Å². The molecule has 0 aliphatic carbocycles. The Kier molecular flexibility index (Phi) is 6.06. The molecule has 1 aromatic carbocycles. The fourth-order valence-electron chi connectivity index (χ4n) is 2.83. The lowest BCUT2D eigenvalue weighted by Gasteiger charge is -2.28. The zero-order valence-corrected chi connectivity index (χ0v) is 12.5. The lowest BCUT2D eigenvalue weighted by Crippen LogP contribution is -2.41. The number of likely N-dealkylation sites (tertiary alicyclic amines) is 1. The minimum atomic E-state index is 0.252. The molecule has 2 rings (SSSR count). The third-order valence-corrected chi connectivity index (χ3v) is 3.99. The van der Waals surface area contributed by atoms with E-state index in [9.17, 15) is 4.79 Å². The van der Waals surface area contributed by atoms with Gasteiger partial charge in [-0.3, -0.25) is 4.79 Å². The third kappa shape index (κ3) is 4.34. The standard InChI is InChI=1S/C17H26N2O/c1-2-9-16(15-10-5-3-6-11-15)18-14-17(20)19-12-7-4-8-13-19/h3,5-6,10-11,16,18H,2,4,7-9,12-14H2,1H3. The van der Waals surface area contributed by atoms with Gasteiger partial charge in [-0.2, -0.15) is 0 Å². The van der Waals surface area contributed by atoms with Crippen LogP contribution < -0.4 is 5.32 Å². The number of benzene rings is 1. The molecule has 1 aliphatic heterocycles. The normalized spacial score (nSPS) is 16.9. The number of carbonyl (C=O) groups excluding carboxylic acids is 1. The minimum Gasteiger partial charge on any atom is -0.342 e. The van der Waals surface area contributed by atoms with E-state index < -0.39 is 0 Å². The summed E-state index contributed by atoms with van der Waals surface area (Å²) in [6.45, 7) is 4.51. The van der Waals surface area contributed by atoms with Gasteiger partial charge in [-0.25, -0.2) is 0 Å². The Morgan fingerprint density at radius 2 is 1.90 bits per heavy atom. The fraction of sp³-hybridized carbons (Fsp3) is 0.588. The van der Waals surface area contributed by atoms with E-state index in [4.69, 9.17) is 0 Å². The number of hydrogen-bond acceptors (Lipinski definition) is 2. The average molecular weight is 274 g/mol. The molecular weight excluding hydrogens is 248 g/mol. The molecule has 0 aromatic heterocycles. The van der Waals surface area contributed by atoms with Crippen LogP contribution in [0.2, 0.25) is 0 Å². The Bertz CT molecular complexity index is 399. The van der Waals surface area contributed by atoms with Gasteiger partial charge in [0.1, 0.15) is 0 Å². The number of carbonyl (C=O) groups is 1. The Morgan fingerprint density at radius 1 is 1.20 bits per heavy atom. The number of amides is 1. The van der Waals surface area contributed by atoms with Crippen LogP contribution in [0.15, 0.2) is 30.3 Å². The van der Waals surface area contributed by atoms with Crippen molar-refractivity contribution in [2.24, 2.45) is 0 Å². The van der Waals surface area contributed by atoms with Gasteiger partial charge >= 0.3 is 0 Å². The molecule has 1 aromatic rings. The summed E-state index contributed by atoms with van der Waals surface area (Å²) >= 11 is 0. The molecular formula is C17H26N2O. The zero-order chi connectivity index (χ0) is 14.2. The third-order valence-electron chi connectivity index (χ3n) is 3.99. The smallest absolute Gasteiger partial charge is 0.236 e. The molecule has 0 bridgehead atoms. The van der Waals surface area contributed by atoms with Crippen molar-refractivity contribution in [2.45, 2.75) is 45.1 Å². The number of nitrogens with one attached hydrogen (secondary N) is 1. The van der Waals surface area contributed by atoms with Crippen LogP contribution in [0.5, 0.6) is 0 Å². The maximum Gasteiger partial charge on any atom is 0.236 e. The lowest BCUT2D eigenvalue weighted by molar-refractivity contribution is -0.131. The summed E-state index contributed by atoms with van der Waals surface area (Å²) in [5.74, 6) is 0.252. The van der Waals surface area contributed by atoms with Gasteiger partial charge in [-0.05, 0) is 31.2 Å². The molecule has 0 spiro atoms. The van der Waals surface area contributed by atoms with Gasteiger partial charge in [0.2, 0.25) is 5.91 Å².